The van der Waals surface area contributed by atoms with Crippen molar-refractivity contribution in [1.29, 1.82) is 0 Å². The zero-order valence-electron chi connectivity index (χ0n) is 11.8. The van der Waals surface area contributed by atoms with Crippen LogP contribution in [0.1, 0.15) is 64.7 Å². The average molecular weight is 238 g/mol. The molecule has 2 unspecified atom stereocenters. The maximum absolute atomic E-state index is 6.57. The third kappa shape index (κ3) is 3.45. The SMILES string of the molecule is CC1CCCCC1N(C)CC1(N)CCCCC1. The first-order valence-electron chi connectivity index (χ1n) is 7.60. The van der Waals surface area contributed by atoms with Crippen molar-refractivity contribution in [1.82, 2.24) is 4.90 Å². The highest BCUT2D eigenvalue weighted by Crippen LogP contribution is 2.31. The Morgan fingerprint density at radius 1 is 1.06 bits per heavy atom. The molecule has 2 heteroatoms. The quantitative estimate of drug-likeness (QED) is 0.818. The second kappa shape index (κ2) is 5.71. The third-order valence-corrected chi connectivity index (χ3v) is 5.05. The summed E-state index contributed by atoms with van der Waals surface area (Å²) in [6, 6.07) is 0.783. The molecule has 2 aliphatic carbocycles. The standard InChI is InChI=1S/C15H30N2/c1-13-8-4-5-9-14(13)17(2)12-15(16)10-6-3-7-11-15/h13-14H,3-12,16H2,1-2H3. The summed E-state index contributed by atoms with van der Waals surface area (Å²) in [6.45, 7) is 3.53. The Morgan fingerprint density at radius 2 is 1.71 bits per heavy atom. The highest BCUT2D eigenvalue weighted by Gasteiger charge is 2.32. The molecule has 0 bridgehead atoms. The van der Waals surface area contributed by atoms with Crippen LogP contribution in [-0.2, 0) is 0 Å². The fourth-order valence-electron chi connectivity index (χ4n) is 3.98. The lowest BCUT2D eigenvalue weighted by molar-refractivity contribution is 0.0996. The highest BCUT2D eigenvalue weighted by molar-refractivity contribution is 4.92. The molecule has 0 heterocycles. The van der Waals surface area contributed by atoms with Gasteiger partial charge in [-0.2, -0.15) is 0 Å². The Kier molecular flexibility index (Phi) is 4.48. The molecule has 0 aliphatic heterocycles. The van der Waals surface area contributed by atoms with Gasteiger partial charge in [-0.15, -0.1) is 0 Å². The van der Waals surface area contributed by atoms with Crippen LogP contribution in [0.4, 0.5) is 0 Å². The average Bonchev–Trinajstić information content (AvgIpc) is 2.29. The van der Waals surface area contributed by atoms with E-state index in [1.165, 1.54) is 57.8 Å². The van der Waals surface area contributed by atoms with Crippen molar-refractivity contribution in [3.8, 4) is 0 Å². The van der Waals surface area contributed by atoms with Crippen LogP contribution < -0.4 is 5.73 Å². The molecule has 17 heavy (non-hydrogen) atoms. The zero-order valence-corrected chi connectivity index (χ0v) is 11.8. The molecule has 0 amide bonds. The summed E-state index contributed by atoms with van der Waals surface area (Å²) in [7, 11) is 2.30. The lowest BCUT2D eigenvalue weighted by atomic mass is 9.80. The summed E-state index contributed by atoms with van der Waals surface area (Å²) in [6.07, 6.45) is 12.2. The molecule has 2 atom stereocenters. The number of hydrogen-bond donors (Lipinski definition) is 1. The Hall–Kier alpha value is -0.0800. The second-order valence-electron chi connectivity index (χ2n) is 6.67. The Balaban J connectivity index is 1.88. The fourth-order valence-corrected chi connectivity index (χ4v) is 3.98. The van der Waals surface area contributed by atoms with Gasteiger partial charge in [-0.3, -0.25) is 0 Å². The van der Waals surface area contributed by atoms with Crippen molar-refractivity contribution in [2.75, 3.05) is 13.6 Å². The van der Waals surface area contributed by atoms with Crippen molar-refractivity contribution in [3.63, 3.8) is 0 Å². The molecule has 0 aromatic heterocycles. The van der Waals surface area contributed by atoms with Gasteiger partial charge in [0.05, 0.1) is 0 Å². The lowest BCUT2D eigenvalue weighted by Gasteiger charge is -2.42. The molecule has 0 radical (unpaired) electrons. The minimum atomic E-state index is 0.115. The molecule has 2 saturated carbocycles. The first-order chi connectivity index (χ1) is 8.11. The molecule has 2 rings (SSSR count). The molecular formula is C15H30N2. The van der Waals surface area contributed by atoms with Gasteiger partial charge in [0.15, 0.2) is 0 Å². The van der Waals surface area contributed by atoms with E-state index in [9.17, 15) is 0 Å². The van der Waals surface area contributed by atoms with E-state index in [0.29, 0.717) is 0 Å². The van der Waals surface area contributed by atoms with Crippen molar-refractivity contribution in [2.45, 2.75) is 76.3 Å². The summed E-state index contributed by atoms with van der Waals surface area (Å²) < 4.78 is 0. The normalized spacial score (nSPS) is 33.9. The monoisotopic (exact) mass is 238 g/mol. The van der Waals surface area contributed by atoms with Crippen molar-refractivity contribution >= 4 is 0 Å². The molecule has 2 N–H and O–H groups in total. The molecule has 0 aromatic carbocycles. The zero-order chi connectivity index (χ0) is 12.3. The van der Waals surface area contributed by atoms with E-state index in [1.807, 2.05) is 0 Å². The van der Waals surface area contributed by atoms with E-state index < -0.39 is 0 Å². The minimum Gasteiger partial charge on any atom is -0.324 e. The number of nitrogens with two attached hydrogens (primary N) is 1. The Bertz CT molecular complexity index is 233. The first kappa shape index (κ1) is 13.4. The van der Waals surface area contributed by atoms with Gasteiger partial charge < -0.3 is 10.6 Å². The summed E-state index contributed by atoms with van der Waals surface area (Å²) in [4.78, 5) is 2.58. The molecule has 0 aromatic rings. The lowest BCUT2D eigenvalue weighted by Crippen LogP contribution is -2.54. The van der Waals surface area contributed by atoms with Crippen molar-refractivity contribution in [2.24, 2.45) is 11.7 Å². The number of hydrogen-bond acceptors (Lipinski definition) is 2. The Morgan fingerprint density at radius 3 is 2.35 bits per heavy atom. The van der Waals surface area contributed by atoms with Crippen LogP contribution in [0.5, 0.6) is 0 Å². The molecule has 0 spiro atoms. The topological polar surface area (TPSA) is 29.3 Å². The van der Waals surface area contributed by atoms with E-state index in [2.05, 4.69) is 18.9 Å². The predicted octanol–water partition coefficient (Wildman–Crippen LogP) is 3.16. The van der Waals surface area contributed by atoms with Crippen LogP contribution in [0.2, 0.25) is 0 Å². The van der Waals surface area contributed by atoms with Crippen LogP contribution in [0.25, 0.3) is 0 Å². The molecular weight excluding hydrogens is 208 g/mol. The first-order valence-corrected chi connectivity index (χ1v) is 7.60. The smallest absolute Gasteiger partial charge is 0.0283 e. The predicted molar refractivity (Wildman–Crippen MR) is 74.1 cm³/mol. The van der Waals surface area contributed by atoms with E-state index in [-0.39, 0.29) is 5.54 Å². The van der Waals surface area contributed by atoms with Crippen LogP contribution >= 0.6 is 0 Å². The summed E-state index contributed by atoms with van der Waals surface area (Å²) in [5, 5.41) is 0. The van der Waals surface area contributed by atoms with Crippen molar-refractivity contribution < 1.29 is 0 Å². The largest absolute Gasteiger partial charge is 0.324 e. The summed E-state index contributed by atoms with van der Waals surface area (Å²) in [5.41, 5.74) is 6.69. The number of nitrogens with zero attached hydrogens (tertiary/aromatic N) is 1. The van der Waals surface area contributed by atoms with Crippen LogP contribution in [0.15, 0.2) is 0 Å². The van der Waals surface area contributed by atoms with Gasteiger partial charge >= 0.3 is 0 Å². The number of likely N-dealkylation sites (N-methyl/N-ethyl adjacent to an activating group) is 1. The van der Waals surface area contributed by atoms with Gasteiger partial charge in [0.1, 0.15) is 0 Å². The van der Waals surface area contributed by atoms with Crippen LogP contribution in [0, 0.1) is 5.92 Å². The molecule has 100 valence electrons. The maximum Gasteiger partial charge on any atom is 0.0283 e. The molecule has 2 aliphatic rings. The highest BCUT2D eigenvalue weighted by atomic mass is 15.2. The summed E-state index contributed by atoms with van der Waals surface area (Å²) >= 11 is 0. The van der Waals surface area contributed by atoms with Gasteiger partial charge in [-0.25, -0.2) is 0 Å². The van der Waals surface area contributed by atoms with Crippen LogP contribution in [0.3, 0.4) is 0 Å². The van der Waals surface area contributed by atoms with E-state index in [0.717, 1.165) is 18.5 Å². The van der Waals surface area contributed by atoms with Gasteiger partial charge in [0.2, 0.25) is 0 Å². The van der Waals surface area contributed by atoms with Crippen molar-refractivity contribution in [3.05, 3.63) is 0 Å². The van der Waals surface area contributed by atoms with Gasteiger partial charge in [-0.1, -0.05) is 39.0 Å². The minimum absolute atomic E-state index is 0.115. The fraction of sp³-hybridized carbons (Fsp3) is 1.00. The van der Waals surface area contributed by atoms with E-state index >= 15 is 0 Å². The van der Waals surface area contributed by atoms with Gasteiger partial charge in [0.25, 0.3) is 0 Å². The second-order valence-corrected chi connectivity index (χ2v) is 6.67. The third-order valence-electron chi connectivity index (χ3n) is 5.05. The molecule has 2 nitrogen and oxygen atoms in total. The molecule has 2 fully saturated rings. The van der Waals surface area contributed by atoms with Crippen LogP contribution in [-0.4, -0.2) is 30.1 Å². The number of rotatable bonds is 3. The van der Waals surface area contributed by atoms with E-state index in [1.54, 1.807) is 0 Å². The van der Waals surface area contributed by atoms with Gasteiger partial charge in [-0.05, 0) is 38.6 Å². The maximum atomic E-state index is 6.57. The summed E-state index contributed by atoms with van der Waals surface area (Å²) in [5.74, 6) is 0.862. The van der Waals surface area contributed by atoms with Gasteiger partial charge in [0, 0.05) is 18.1 Å². The van der Waals surface area contributed by atoms with E-state index in [4.69, 9.17) is 5.73 Å². The Labute approximate surface area is 107 Å². The molecule has 0 saturated heterocycles.